The molecule has 0 aliphatic rings. The SMILES string of the molecule is CCNC(=NCC(O)(CC)CC)NCCSc1ccccc1.I. The van der Waals surface area contributed by atoms with Crippen molar-refractivity contribution in [3.05, 3.63) is 30.3 Å². The predicted octanol–water partition coefficient (Wildman–Crippen LogP) is 3.50. The molecule has 0 spiro atoms. The highest BCUT2D eigenvalue weighted by Gasteiger charge is 2.21. The van der Waals surface area contributed by atoms with Gasteiger partial charge >= 0.3 is 0 Å². The van der Waals surface area contributed by atoms with Crippen molar-refractivity contribution in [1.82, 2.24) is 10.6 Å². The maximum atomic E-state index is 10.3. The first-order chi connectivity index (χ1) is 10.6. The number of aliphatic hydroxyl groups is 1. The third-order valence-corrected chi connectivity index (χ3v) is 4.61. The summed E-state index contributed by atoms with van der Waals surface area (Å²) in [7, 11) is 0. The molecule has 23 heavy (non-hydrogen) atoms. The Morgan fingerprint density at radius 2 is 1.78 bits per heavy atom. The molecule has 0 bridgehead atoms. The third-order valence-electron chi connectivity index (χ3n) is 3.60. The molecule has 0 atom stereocenters. The first-order valence-electron chi connectivity index (χ1n) is 8.06. The van der Waals surface area contributed by atoms with Crippen LogP contribution in [0.5, 0.6) is 0 Å². The molecule has 0 saturated carbocycles. The maximum Gasteiger partial charge on any atom is 0.191 e. The molecule has 0 aliphatic carbocycles. The number of halogens is 1. The van der Waals surface area contributed by atoms with Crippen LogP contribution in [0.3, 0.4) is 0 Å². The van der Waals surface area contributed by atoms with Crippen LogP contribution in [-0.4, -0.2) is 42.1 Å². The smallest absolute Gasteiger partial charge is 0.191 e. The molecular weight excluding hydrogens is 421 g/mol. The van der Waals surface area contributed by atoms with Gasteiger partial charge in [0.2, 0.25) is 0 Å². The number of hydrogen-bond acceptors (Lipinski definition) is 3. The molecule has 0 radical (unpaired) electrons. The van der Waals surface area contributed by atoms with Crippen molar-refractivity contribution in [3.63, 3.8) is 0 Å². The lowest BCUT2D eigenvalue weighted by Gasteiger charge is -2.23. The third kappa shape index (κ3) is 9.42. The molecule has 0 aliphatic heterocycles. The van der Waals surface area contributed by atoms with Crippen LogP contribution in [0.2, 0.25) is 0 Å². The Labute approximate surface area is 162 Å². The molecule has 1 aromatic carbocycles. The average molecular weight is 451 g/mol. The Morgan fingerprint density at radius 1 is 1.13 bits per heavy atom. The minimum atomic E-state index is -0.693. The van der Waals surface area contributed by atoms with Crippen LogP contribution < -0.4 is 10.6 Å². The topological polar surface area (TPSA) is 56.7 Å². The van der Waals surface area contributed by atoms with Gasteiger partial charge in [-0.25, -0.2) is 0 Å². The van der Waals surface area contributed by atoms with Gasteiger partial charge in [0.25, 0.3) is 0 Å². The van der Waals surface area contributed by atoms with Crippen LogP contribution in [0.25, 0.3) is 0 Å². The molecule has 0 amide bonds. The number of nitrogens with zero attached hydrogens (tertiary/aromatic N) is 1. The van der Waals surface area contributed by atoms with Crippen LogP contribution in [0.15, 0.2) is 40.2 Å². The average Bonchev–Trinajstić information content (AvgIpc) is 2.57. The van der Waals surface area contributed by atoms with Gasteiger partial charge in [-0.05, 0) is 31.9 Å². The standard InChI is InChI=1S/C17H29N3OS.HI/c1-4-17(21,5-2)14-20-16(18-6-3)19-12-13-22-15-10-8-7-9-11-15;/h7-11,21H,4-6,12-14H2,1-3H3,(H2,18,19,20);1H. The largest absolute Gasteiger partial charge is 0.388 e. The monoisotopic (exact) mass is 451 g/mol. The summed E-state index contributed by atoms with van der Waals surface area (Å²) in [5.74, 6) is 1.75. The van der Waals surface area contributed by atoms with E-state index in [1.165, 1.54) is 4.90 Å². The van der Waals surface area contributed by atoms with Gasteiger partial charge in [-0.3, -0.25) is 4.99 Å². The zero-order chi connectivity index (χ0) is 16.3. The highest BCUT2D eigenvalue weighted by molar-refractivity contribution is 14.0. The van der Waals surface area contributed by atoms with Crippen LogP contribution in [0.4, 0.5) is 0 Å². The predicted molar refractivity (Wildman–Crippen MR) is 112 cm³/mol. The van der Waals surface area contributed by atoms with E-state index in [2.05, 4.69) is 39.9 Å². The summed E-state index contributed by atoms with van der Waals surface area (Å²) in [5.41, 5.74) is -0.693. The summed E-state index contributed by atoms with van der Waals surface area (Å²) >= 11 is 1.82. The van der Waals surface area contributed by atoms with E-state index in [1.54, 1.807) is 0 Å². The van der Waals surface area contributed by atoms with Crippen molar-refractivity contribution in [1.29, 1.82) is 0 Å². The fourth-order valence-electron chi connectivity index (χ4n) is 1.90. The fourth-order valence-corrected chi connectivity index (χ4v) is 2.69. The normalized spacial score (nSPS) is 11.7. The molecule has 6 heteroatoms. The molecule has 0 aromatic heterocycles. The summed E-state index contributed by atoms with van der Waals surface area (Å²) in [6.45, 7) is 8.12. The molecule has 1 aromatic rings. The molecule has 3 N–H and O–H groups in total. The minimum absolute atomic E-state index is 0. The van der Waals surface area contributed by atoms with Gasteiger partial charge in [0, 0.05) is 23.7 Å². The lowest BCUT2D eigenvalue weighted by Crippen LogP contribution is -2.40. The van der Waals surface area contributed by atoms with Crippen LogP contribution >= 0.6 is 35.7 Å². The molecular formula is C17H30IN3OS. The molecule has 1 rings (SSSR count). The zero-order valence-corrected chi connectivity index (χ0v) is 17.5. The molecule has 0 heterocycles. The van der Waals surface area contributed by atoms with Crippen molar-refractivity contribution in [2.24, 2.45) is 4.99 Å². The van der Waals surface area contributed by atoms with E-state index < -0.39 is 5.60 Å². The van der Waals surface area contributed by atoms with Crippen molar-refractivity contribution < 1.29 is 5.11 Å². The van der Waals surface area contributed by atoms with Gasteiger partial charge in [-0.1, -0.05) is 32.0 Å². The van der Waals surface area contributed by atoms with Gasteiger partial charge in [-0.2, -0.15) is 0 Å². The summed E-state index contributed by atoms with van der Waals surface area (Å²) in [6.07, 6.45) is 1.44. The van der Waals surface area contributed by atoms with Crippen molar-refractivity contribution in [2.75, 3.05) is 25.4 Å². The van der Waals surface area contributed by atoms with Gasteiger partial charge < -0.3 is 15.7 Å². The Balaban J connectivity index is 0.00000484. The molecule has 0 unspecified atom stereocenters. The Bertz CT molecular complexity index is 439. The molecule has 0 fully saturated rings. The molecule has 4 nitrogen and oxygen atoms in total. The lowest BCUT2D eigenvalue weighted by atomic mass is 9.98. The summed E-state index contributed by atoms with van der Waals surface area (Å²) in [4.78, 5) is 5.78. The zero-order valence-electron chi connectivity index (χ0n) is 14.3. The van der Waals surface area contributed by atoms with E-state index in [9.17, 15) is 5.11 Å². The van der Waals surface area contributed by atoms with Crippen LogP contribution in [0, 0.1) is 0 Å². The summed E-state index contributed by atoms with van der Waals surface area (Å²) < 4.78 is 0. The number of aliphatic imine (C=N–C) groups is 1. The van der Waals surface area contributed by atoms with E-state index in [1.807, 2.05) is 38.6 Å². The van der Waals surface area contributed by atoms with E-state index in [-0.39, 0.29) is 24.0 Å². The lowest BCUT2D eigenvalue weighted by molar-refractivity contribution is 0.0418. The van der Waals surface area contributed by atoms with Crippen LogP contribution in [0.1, 0.15) is 33.6 Å². The maximum absolute atomic E-state index is 10.3. The number of nitrogens with one attached hydrogen (secondary N) is 2. The van der Waals surface area contributed by atoms with E-state index in [0.29, 0.717) is 6.54 Å². The molecule has 0 saturated heterocycles. The highest BCUT2D eigenvalue weighted by atomic mass is 127. The van der Waals surface area contributed by atoms with E-state index >= 15 is 0 Å². The minimum Gasteiger partial charge on any atom is -0.388 e. The quantitative estimate of drug-likeness (QED) is 0.177. The van der Waals surface area contributed by atoms with E-state index in [4.69, 9.17) is 0 Å². The van der Waals surface area contributed by atoms with Gasteiger partial charge in [0.05, 0.1) is 12.1 Å². The number of thioether (sulfide) groups is 1. The first kappa shape index (κ1) is 22.5. The summed E-state index contributed by atoms with van der Waals surface area (Å²) in [5, 5.41) is 16.8. The Kier molecular flexibility index (Phi) is 12.6. The first-order valence-corrected chi connectivity index (χ1v) is 9.04. The number of hydrogen-bond donors (Lipinski definition) is 3. The Hall–Kier alpha value is -0.470. The van der Waals surface area contributed by atoms with Crippen LogP contribution in [-0.2, 0) is 0 Å². The Morgan fingerprint density at radius 3 is 2.35 bits per heavy atom. The van der Waals surface area contributed by atoms with Gasteiger partial charge in [0.15, 0.2) is 5.96 Å². The second-order valence-corrected chi connectivity index (χ2v) is 6.38. The second-order valence-electron chi connectivity index (χ2n) is 5.21. The van der Waals surface area contributed by atoms with E-state index in [0.717, 1.165) is 37.6 Å². The van der Waals surface area contributed by atoms with Gasteiger partial charge in [0.1, 0.15) is 0 Å². The van der Waals surface area contributed by atoms with Crippen molar-refractivity contribution >= 4 is 41.7 Å². The number of benzene rings is 1. The number of rotatable bonds is 9. The highest BCUT2D eigenvalue weighted by Crippen LogP contribution is 2.16. The molecule has 132 valence electrons. The second kappa shape index (κ2) is 12.9. The van der Waals surface area contributed by atoms with Crippen molar-refractivity contribution in [3.8, 4) is 0 Å². The summed E-state index contributed by atoms with van der Waals surface area (Å²) in [6, 6.07) is 10.4. The number of guanidine groups is 1. The van der Waals surface area contributed by atoms with Crippen molar-refractivity contribution in [2.45, 2.75) is 44.1 Å². The fraction of sp³-hybridized carbons (Fsp3) is 0.588. The van der Waals surface area contributed by atoms with Gasteiger partial charge in [-0.15, -0.1) is 35.7 Å².